The van der Waals surface area contributed by atoms with Gasteiger partial charge in [-0.3, -0.25) is 9.59 Å². The van der Waals surface area contributed by atoms with Crippen molar-refractivity contribution in [3.8, 4) is 0 Å². The molecule has 0 atom stereocenters. The normalized spacial score (nSPS) is 13.0. The topological polar surface area (TPSA) is 72.2 Å². The molecule has 0 bridgehead atoms. The van der Waals surface area contributed by atoms with Gasteiger partial charge < -0.3 is 11.1 Å². The number of nitrogens with two attached hydrogens (primary N) is 1. The summed E-state index contributed by atoms with van der Waals surface area (Å²) in [4.78, 5) is 25.6. The molecule has 102 valence electrons. The number of amides is 2. The number of fused-ring (bicyclic) bond motifs is 1. The maximum Gasteiger partial charge on any atom is 0.265 e. The van der Waals surface area contributed by atoms with Crippen LogP contribution in [0.3, 0.4) is 0 Å². The van der Waals surface area contributed by atoms with Crippen molar-refractivity contribution in [2.45, 2.75) is 19.3 Å². The number of nitrogens with one attached hydrogen (secondary N) is 1. The van der Waals surface area contributed by atoms with Crippen LogP contribution in [0.15, 0.2) is 30.3 Å². The Morgan fingerprint density at radius 2 is 2.00 bits per heavy atom. The molecule has 0 fully saturated rings. The van der Waals surface area contributed by atoms with E-state index in [4.69, 9.17) is 5.73 Å². The maximum atomic E-state index is 12.2. The second-order valence-electron chi connectivity index (χ2n) is 4.78. The Kier molecular flexibility index (Phi) is 3.28. The minimum Gasteiger partial charge on any atom is -0.366 e. The van der Waals surface area contributed by atoms with E-state index in [1.165, 1.54) is 28.2 Å². The third kappa shape index (κ3) is 2.32. The van der Waals surface area contributed by atoms with Gasteiger partial charge in [-0.2, -0.15) is 0 Å². The van der Waals surface area contributed by atoms with E-state index in [-0.39, 0.29) is 5.91 Å². The van der Waals surface area contributed by atoms with Crippen molar-refractivity contribution in [3.05, 3.63) is 51.2 Å². The van der Waals surface area contributed by atoms with Gasteiger partial charge in [-0.15, -0.1) is 11.3 Å². The first kappa shape index (κ1) is 12.9. The monoisotopic (exact) mass is 286 g/mol. The molecule has 0 saturated carbocycles. The summed E-state index contributed by atoms with van der Waals surface area (Å²) in [5.74, 6) is -0.729. The lowest BCUT2D eigenvalue weighted by atomic mass is 10.1. The van der Waals surface area contributed by atoms with Gasteiger partial charge in [-0.05, 0) is 43.0 Å². The lowest BCUT2D eigenvalue weighted by Crippen LogP contribution is -2.17. The number of primary amides is 1. The number of rotatable bonds is 3. The second kappa shape index (κ2) is 5.09. The number of carbonyl (C=O) groups is 2. The quantitative estimate of drug-likeness (QED) is 0.910. The molecule has 1 aromatic heterocycles. The number of anilines is 1. The molecule has 20 heavy (non-hydrogen) atoms. The van der Waals surface area contributed by atoms with Gasteiger partial charge in [0.05, 0.1) is 16.1 Å². The van der Waals surface area contributed by atoms with Gasteiger partial charge in [0.1, 0.15) is 0 Å². The van der Waals surface area contributed by atoms with E-state index < -0.39 is 5.91 Å². The highest BCUT2D eigenvalue weighted by molar-refractivity contribution is 7.14. The zero-order valence-corrected chi connectivity index (χ0v) is 11.6. The molecule has 0 unspecified atom stereocenters. The van der Waals surface area contributed by atoms with Crippen molar-refractivity contribution in [2.75, 3.05) is 5.32 Å². The first-order valence-electron chi connectivity index (χ1n) is 6.47. The predicted molar refractivity (Wildman–Crippen MR) is 79.3 cm³/mol. The Bertz CT molecular complexity index is 669. The molecule has 5 heteroatoms. The Morgan fingerprint density at radius 1 is 1.20 bits per heavy atom. The van der Waals surface area contributed by atoms with Crippen LogP contribution < -0.4 is 11.1 Å². The predicted octanol–water partition coefficient (Wildman–Crippen LogP) is 2.59. The van der Waals surface area contributed by atoms with E-state index in [9.17, 15) is 9.59 Å². The first-order chi connectivity index (χ1) is 9.65. The molecule has 3 N–H and O–H groups in total. The molecule has 2 aromatic rings. The van der Waals surface area contributed by atoms with Crippen LogP contribution in [0.1, 0.15) is 36.9 Å². The molecule has 3 rings (SSSR count). The third-order valence-corrected chi connectivity index (χ3v) is 4.65. The molecule has 1 aromatic carbocycles. The molecular formula is C15H14N2O2S. The average Bonchev–Trinajstić information content (AvgIpc) is 2.99. The highest BCUT2D eigenvalue weighted by Crippen LogP contribution is 2.31. The van der Waals surface area contributed by atoms with Crippen LogP contribution >= 0.6 is 11.3 Å². The number of para-hydroxylation sites is 1. The summed E-state index contributed by atoms with van der Waals surface area (Å²) in [6.45, 7) is 0. The van der Waals surface area contributed by atoms with E-state index >= 15 is 0 Å². The van der Waals surface area contributed by atoms with Crippen LogP contribution in [0.4, 0.5) is 5.69 Å². The molecule has 1 aliphatic carbocycles. The Morgan fingerprint density at radius 3 is 2.75 bits per heavy atom. The number of benzene rings is 1. The molecule has 0 aliphatic heterocycles. The fourth-order valence-electron chi connectivity index (χ4n) is 2.43. The zero-order valence-electron chi connectivity index (χ0n) is 10.8. The van der Waals surface area contributed by atoms with Gasteiger partial charge in [0, 0.05) is 4.88 Å². The summed E-state index contributed by atoms with van der Waals surface area (Å²) in [6, 6.07) is 8.72. The van der Waals surface area contributed by atoms with Crippen molar-refractivity contribution in [1.29, 1.82) is 0 Å². The number of hydrogen-bond donors (Lipinski definition) is 2. The minimum absolute atomic E-state index is 0.182. The van der Waals surface area contributed by atoms with Crippen LogP contribution in [0, 0.1) is 0 Å². The number of hydrogen-bond acceptors (Lipinski definition) is 3. The van der Waals surface area contributed by atoms with E-state index in [1.807, 2.05) is 6.07 Å². The summed E-state index contributed by atoms with van der Waals surface area (Å²) in [5.41, 5.74) is 7.36. The zero-order chi connectivity index (χ0) is 14.1. The van der Waals surface area contributed by atoms with E-state index in [2.05, 4.69) is 5.32 Å². The van der Waals surface area contributed by atoms with Gasteiger partial charge in [0.25, 0.3) is 11.8 Å². The van der Waals surface area contributed by atoms with Gasteiger partial charge in [0.2, 0.25) is 0 Å². The SMILES string of the molecule is NC(=O)c1ccccc1NC(=O)c1cc2c(s1)CCC2. The smallest absolute Gasteiger partial charge is 0.265 e. The summed E-state index contributed by atoms with van der Waals surface area (Å²) in [6.07, 6.45) is 3.29. The molecule has 4 nitrogen and oxygen atoms in total. The molecule has 1 aliphatic rings. The number of thiophene rings is 1. The van der Waals surface area contributed by atoms with Crippen LogP contribution in [-0.4, -0.2) is 11.8 Å². The van der Waals surface area contributed by atoms with Crippen molar-refractivity contribution in [3.63, 3.8) is 0 Å². The molecule has 1 heterocycles. The van der Waals surface area contributed by atoms with Crippen molar-refractivity contribution in [1.82, 2.24) is 0 Å². The average molecular weight is 286 g/mol. The van der Waals surface area contributed by atoms with Gasteiger partial charge in [-0.25, -0.2) is 0 Å². The fourth-order valence-corrected chi connectivity index (χ4v) is 3.58. The minimum atomic E-state index is -0.547. The summed E-state index contributed by atoms with van der Waals surface area (Å²) in [7, 11) is 0. The Labute approximate surface area is 120 Å². The second-order valence-corrected chi connectivity index (χ2v) is 5.91. The van der Waals surface area contributed by atoms with E-state index in [1.54, 1.807) is 24.3 Å². The summed E-state index contributed by atoms with van der Waals surface area (Å²) >= 11 is 1.54. The molecule has 0 saturated heterocycles. The summed E-state index contributed by atoms with van der Waals surface area (Å²) in [5, 5.41) is 2.77. The van der Waals surface area contributed by atoms with Crippen molar-refractivity contribution in [2.24, 2.45) is 5.73 Å². The molecule has 0 spiro atoms. The Balaban J connectivity index is 1.84. The lowest BCUT2D eigenvalue weighted by molar-refractivity contribution is 0.100. The lowest BCUT2D eigenvalue weighted by Gasteiger charge is -2.07. The molecule has 2 amide bonds. The van der Waals surface area contributed by atoms with E-state index in [0.717, 1.165) is 12.8 Å². The van der Waals surface area contributed by atoms with Gasteiger partial charge in [0.15, 0.2) is 0 Å². The molecule has 0 radical (unpaired) electrons. The number of aryl methyl sites for hydroxylation is 2. The highest BCUT2D eigenvalue weighted by atomic mass is 32.1. The van der Waals surface area contributed by atoms with Crippen LogP contribution in [0.5, 0.6) is 0 Å². The van der Waals surface area contributed by atoms with Crippen LogP contribution in [-0.2, 0) is 12.8 Å². The van der Waals surface area contributed by atoms with Crippen molar-refractivity contribution >= 4 is 28.8 Å². The highest BCUT2D eigenvalue weighted by Gasteiger charge is 2.19. The third-order valence-electron chi connectivity index (χ3n) is 3.41. The largest absolute Gasteiger partial charge is 0.366 e. The van der Waals surface area contributed by atoms with Crippen LogP contribution in [0.25, 0.3) is 0 Å². The first-order valence-corrected chi connectivity index (χ1v) is 7.28. The number of carbonyl (C=O) groups excluding carboxylic acids is 2. The molecular weight excluding hydrogens is 272 g/mol. The van der Waals surface area contributed by atoms with Crippen LogP contribution in [0.2, 0.25) is 0 Å². The van der Waals surface area contributed by atoms with Gasteiger partial charge >= 0.3 is 0 Å². The van der Waals surface area contributed by atoms with E-state index in [0.29, 0.717) is 16.1 Å². The summed E-state index contributed by atoms with van der Waals surface area (Å²) < 4.78 is 0. The standard InChI is InChI=1S/C15H14N2O2S/c16-14(18)10-5-1-2-6-11(10)17-15(19)13-8-9-4-3-7-12(9)20-13/h1-2,5-6,8H,3-4,7H2,(H2,16,18)(H,17,19). The maximum absolute atomic E-state index is 12.2. The van der Waals surface area contributed by atoms with Gasteiger partial charge in [-0.1, -0.05) is 12.1 Å². The Hall–Kier alpha value is -2.14. The fraction of sp³-hybridized carbons (Fsp3) is 0.200. The van der Waals surface area contributed by atoms with Crippen molar-refractivity contribution < 1.29 is 9.59 Å².